The standard InChI is InChI=1S/C5H5N.Na.3H3O4P.H/c1-2-4-6-5-3-1;;3*1-5(2,3)4;/h1-5H;;3*(H3,1,2,3,4);. The van der Waals surface area contributed by atoms with Crippen molar-refractivity contribution in [3.05, 3.63) is 30.6 Å². The normalized spacial score (nSPS) is 10.2. The fourth-order valence-corrected chi connectivity index (χ4v) is 0.313. The van der Waals surface area contributed by atoms with Crippen LogP contribution in [0, 0.1) is 0 Å². The minimum atomic E-state index is -4.64. The third kappa shape index (κ3) is 185. The predicted molar refractivity (Wildman–Crippen MR) is 74.2 cm³/mol. The van der Waals surface area contributed by atoms with Crippen molar-refractivity contribution in [2.45, 2.75) is 0 Å². The molecule has 1 rings (SSSR count). The Balaban J connectivity index is -0.0000000973. The van der Waals surface area contributed by atoms with Crippen molar-refractivity contribution in [3.8, 4) is 0 Å². The van der Waals surface area contributed by atoms with Crippen molar-refractivity contribution in [1.29, 1.82) is 0 Å². The molecule has 9 N–H and O–H groups in total. The molecule has 13 nitrogen and oxygen atoms in total. The van der Waals surface area contributed by atoms with E-state index in [1.807, 2.05) is 18.2 Å². The monoisotopic (exact) mass is 397 g/mol. The number of pyridine rings is 1. The Labute approximate surface area is 146 Å². The van der Waals surface area contributed by atoms with E-state index in [2.05, 4.69) is 4.98 Å². The molecule has 0 radical (unpaired) electrons. The molecule has 0 atom stereocenters. The van der Waals surface area contributed by atoms with E-state index in [9.17, 15) is 0 Å². The van der Waals surface area contributed by atoms with E-state index in [0.29, 0.717) is 0 Å². The van der Waals surface area contributed by atoms with E-state index in [1.54, 1.807) is 12.4 Å². The van der Waals surface area contributed by atoms with Gasteiger partial charge in [0.05, 0.1) is 0 Å². The molecule has 0 bridgehead atoms. The Kier molecular flexibility index (Phi) is 20.8. The van der Waals surface area contributed by atoms with Crippen LogP contribution in [0.5, 0.6) is 0 Å². The van der Waals surface area contributed by atoms with Gasteiger partial charge in [-0.05, 0) is 12.1 Å². The molecule has 0 unspecified atom stereocenters. The summed E-state index contributed by atoms with van der Waals surface area (Å²) >= 11 is 0. The third-order valence-corrected chi connectivity index (χ3v) is 0.566. The molecular weight excluding hydrogens is 382 g/mol. The minimum absolute atomic E-state index is 0. The van der Waals surface area contributed by atoms with Crippen LogP contribution in [0.3, 0.4) is 0 Å². The summed E-state index contributed by atoms with van der Waals surface area (Å²) in [5.41, 5.74) is 0. The average Bonchev–Trinajstić information content (AvgIpc) is 2.12. The maximum absolute atomic E-state index is 8.88. The van der Waals surface area contributed by atoms with E-state index in [0.717, 1.165) is 0 Å². The SMILES string of the molecule is O=P(O)(O)O.O=P(O)(O)O.O=P(O)(O)O.[NaH].c1ccncc1. The second-order valence-electron chi connectivity index (χ2n) is 2.56. The van der Waals surface area contributed by atoms with E-state index in [1.165, 1.54) is 0 Å². The molecule has 0 saturated heterocycles. The Morgan fingerprint density at radius 1 is 0.545 bits per heavy atom. The minimum Gasteiger partial charge on any atom is -0.265 e. The van der Waals surface area contributed by atoms with E-state index in [4.69, 9.17) is 57.7 Å². The Bertz CT molecular complexity index is 382. The Hall–Kier alpha value is 0.480. The van der Waals surface area contributed by atoms with Gasteiger partial charge in [-0.1, -0.05) is 6.07 Å². The molecule has 0 aliphatic rings. The molecule has 0 spiro atoms. The van der Waals surface area contributed by atoms with Gasteiger partial charge >= 0.3 is 53.0 Å². The molecular formula is C5H15NNaO12P3. The fourth-order valence-electron chi connectivity index (χ4n) is 0.313. The number of phosphoric acid groups is 3. The van der Waals surface area contributed by atoms with Crippen LogP contribution in [0.15, 0.2) is 30.6 Å². The Morgan fingerprint density at radius 3 is 0.773 bits per heavy atom. The molecule has 0 aliphatic heterocycles. The number of rotatable bonds is 0. The van der Waals surface area contributed by atoms with E-state index >= 15 is 0 Å². The van der Waals surface area contributed by atoms with Crippen LogP contribution in [-0.2, 0) is 13.7 Å². The number of hydrogen-bond acceptors (Lipinski definition) is 4. The van der Waals surface area contributed by atoms with E-state index in [-0.39, 0.29) is 29.6 Å². The molecule has 17 heteroatoms. The van der Waals surface area contributed by atoms with Gasteiger partial charge in [0.2, 0.25) is 0 Å². The second kappa shape index (κ2) is 15.0. The predicted octanol–water partition coefficient (Wildman–Crippen LogP) is -2.35. The van der Waals surface area contributed by atoms with Gasteiger partial charge in [0.1, 0.15) is 0 Å². The summed E-state index contributed by atoms with van der Waals surface area (Å²) in [6.45, 7) is 0. The van der Waals surface area contributed by atoms with Crippen LogP contribution in [0.25, 0.3) is 0 Å². The summed E-state index contributed by atoms with van der Waals surface area (Å²) in [6.07, 6.45) is 3.50. The molecule has 0 saturated carbocycles. The van der Waals surface area contributed by atoms with Gasteiger partial charge in [-0.25, -0.2) is 13.7 Å². The molecule has 1 aromatic heterocycles. The van der Waals surface area contributed by atoms with Crippen molar-refractivity contribution in [2.24, 2.45) is 0 Å². The molecule has 0 aliphatic carbocycles. The second-order valence-corrected chi connectivity index (χ2v) is 5.64. The quantitative estimate of drug-likeness (QED) is 0.164. The van der Waals surface area contributed by atoms with Crippen LogP contribution in [-0.4, -0.2) is 78.6 Å². The van der Waals surface area contributed by atoms with Gasteiger partial charge in [0, 0.05) is 12.4 Å². The zero-order valence-corrected chi connectivity index (χ0v) is 12.6. The van der Waals surface area contributed by atoms with Crippen molar-refractivity contribution < 1.29 is 57.7 Å². The van der Waals surface area contributed by atoms with Gasteiger partial charge in [-0.2, -0.15) is 0 Å². The van der Waals surface area contributed by atoms with Gasteiger partial charge in [-0.15, -0.1) is 0 Å². The maximum atomic E-state index is 8.88. The van der Waals surface area contributed by atoms with Gasteiger partial charge < -0.3 is 44.0 Å². The first kappa shape index (κ1) is 30.4. The van der Waals surface area contributed by atoms with Crippen LogP contribution in [0.2, 0.25) is 0 Å². The molecule has 1 aromatic rings. The van der Waals surface area contributed by atoms with Crippen LogP contribution in [0.4, 0.5) is 0 Å². The van der Waals surface area contributed by atoms with Crippen molar-refractivity contribution in [2.75, 3.05) is 0 Å². The molecule has 0 aromatic carbocycles. The summed E-state index contributed by atoms with van der Waals surface area (Å²) in [5.74, 6) is 0. The van der Waals surface area contributed by atoms with Crippen molar-refractivity contribution in [3.63, 3.8) is 0 Å². The van der Waals surface area contributed by atoms with Gasteiger partial charge in [-0.3, -0.25) is 4.98 Å². The summed E-state index contributed by atoms with van der Waals surface area (Å²) in [4.78, 5) is 68.5. The molecule has 0 fully saturated rings. The first-order valence-corrected chi connectivity index (χ1v) is 8.89. The molecule has 22 heavy (non-hydrogen) atoms. The van der Waals surface area contributed by atoms with E-state index < -0.39 is 23.5 Å². The zero-order valence-electron chi connectivity index (χ0n) is 9.93. The summed E-state index contributed by atoms with van der Waals surface area (Å²) in [7, 11) is -13.9. The average molecular weight is 397 g/mol. The maximum Gasteiger partial charge on any atom is 0.0267 e. The first-order valence-electron chi connectivity index (χ1n) is 4.20. The molecule has 128 valence electrons. The zero-order chi connectivity index (χ0) is 17.7. The summed E-state index contributed by atoms with van der Waals surface area (Å²) in [6, 6.07) is 5.72. The molecule has 0 amide bonds. The molecule has 1 heterocycles. The van der Waals surface area contributed by atoms with Crippen LogP contribution in [0.1, 0.15) is 0 Å². The summed E-state index contributed by atoms with van der Waals surface area (Å²) in [5, 5.41) is 0. The van der Waals surface area contributed by atoms with Crippen LogP contribution >= 0.6 is 23.5 Å². The number of aromatic nitrogens is 1. The van der Waals surface area contributed by atoms with Crippen molar-refractivity contribution in [1.82, 2.24) is 4.98 Å². The number of hydrogen-bond donors (Lipinski definition) is 9. The fraction of sp³-hybridized carbons (Fsp3) is 0. The van der Waals surface area contributed by atoms with Crippen LogP contribution < -0.4 is 0 Å². The summed E-state index contributed by atoms with van der Waals surface area (Å²) < 4.78 is 26.6. The topological polar surface area (TPSA) is 246 Å². The smallest absolute Gasteiger partial charge is 0.0267 e. The van der Waals surface area contributed by atoms with Crippen molar-refractivity contribution >= 4 is 53.0 Å². The largest absolute Gasteiger partial charge is 0.265 e. The third-order valence-electron chi connectivity index (χ3n) is 0.566. The number of nitrogens with zero attached hydrogens (tertiary/aromatic N) is 1. The van der Waals surface area contributed by atoms with Gasteiger partial charge in [0.15, 0.2) is 0 Å². The Morgan fingerprint density at radius 2 is 0.727 bits per heavy atom. The first-order chi connectivity index (χ1) is 9.00. The van der Waals surface area contributed by atoms with Gasteiger partial charge in [0.25, 0.3) is 0 Å².